The van der Waals surface area contributed by atoms with Crippen LogP contribution in [0.1, 0.15) is 5.56 Å². The summed E-state index contributed by atoms with van der Waals surface area (Å²) in [7, 11) is 0. The van der Waals surface area contributed by atoms with Crippen molar-refractivity contribution in [2.45, 2.75) is 6.92 Å². The van der Waals surface area contributed by atoms with E-state index in [1.807, 2.05) is 25.1 Å². The van der Waals surface area contributed by atoms with Crippen LogP contribution in [0.2, 0.25) is 0 Å². The van der Waals surface area contributed by atoms with E-state index in [1.165, 1.54) is 0 Å². The van der Waals surface area contributed by atoms with Crippen LogP contribution in [0.15, 0.2) is 39.5 Å². The van der Waals surface area contributed by atoms with Crippen LogP contribution < -0.4 is 10.5 Å². The van der Waals surface area contributed by atoms with Gasteiger partial charge < -0.3 is 10.5 Å². The maximum atomic E-state index is 5.83. The Kier molecular flexibility index (Phi) is 3.69. The molecule has 0 bridgehead atoms. The smallest absolute Gasteiger partial charge is 0.167 e. The largest absolute Gasteiger partial charge is 0.454 e. The second-order valence-electron chi connectivity index (χ2n) is 3.55. The van der Waals surface area contributed by atoms with Crippen LogP contribution in [0.25, 0.3) is 0 Å². The van der Waals surface area contributed by atoms with Gasteiger partial charge in [0.1, 0.15) is 5.75 Å². The van der Waals surface area contributed by atoms with Crippen molar-refractivity contribution >= 4 is 37.5 Å². The number of nitrogens with two attached hydrogens (primary N) is 1. The Labute approximate surface area is 116 Å². The van der Waals surface area contributed by atoms with Crippen molar-refractivity contribution in [1.29, 1.82) is 0 Å². The average Bonchev–Trinajstić information content (AvgIpc) is 2.28. The molecule has 2 N–H and O–H groups in total. The van der Waals surface area contributed by atoms with Gasteiger partial charge >= 0.3 is 0 Å². The Hall–Kier alpha value is -1.07. The first kappa shape index (κ1) is 12.4. The van der Waals surface area contributed by atoms with E-state index in [1.54, 1.807) is 12.4 Å². The fourth-order valence-electron chi connectivity index (χ4n) is 1.34. The summed E-state index contributed by atoms with van der Waals surface area (Å²) in [6, 6.07) is 5.85. The van der Waals surface area contributed by atoms with Crippen molar-refractivity contribution in [2.75, 3.05) is 5.73 Å². The molecule has 1 aromatic carbocycles. The molecule has 0 spiro atoms. The van der Waals surface area contributed by atoms with Crippen molar-refractivity contribution in [1.82, 2.24) is 4.98 Å². The second-order valence-corrected chi connectivity index (χ2v) is 5.32. The zero-order valence-electron chi connectivity index (χ0n) is 9.08. The molecule has 0 saturated carbocycles. The normalized spacial score (nSPS) is 10.3. The number of ether oxygens (including phenoxy) is 1. The van der Waals surface area contributed by atoms with Crippen molar-refractivity contribution < 1.29 is 4.74 Å². The van der Waals surface area contributed by atoms with Gasteiger partial charge in [-0.05, 0) is 40.5 Å². The van der Waals surface area contributed by atoms with Gasteiger partial charge in [0.05, 0.1) is 16.4 Å². The predicted molar refractivity (Wildman–Crippen MR) is 75.3 cm³/mol. The van der Waals surface area contributed by atoms with Crippen LogP contribution in [0.3, 0.4) is 0 Å². The standard InChI is InChI=1S/C12H10Br2N2O/c1-7-2-3-8(13)4-11(7)17-12-9(14)5-16-6-10(12)15/h2-6H,15H2,1H3. The summed E-state index contributed by atoms with van der Waals surface area (Å²) in [6.07, 6.45) is 3.21. The molecule has 3 nitrogen and oxygen atoms in total. The molecule has 0 saturated heterocycles. The van der Waals surface area contributed by atoms with Gasteiger partial charge in [-0.3, -0.25) is 4.98 Å². The molecule has 0 unspecified atom stereocenters. The second kappa shape index (κ2) is 5.06. The summed E-state index contributed by atoms with van der Waals surface area (Å²) in [5.41, 5.74) is 7.37. The van der Waals surface area contributed by atoms with E-state index in [2.05, 4.69) is 36.8 Å². The van der Waals surface area contributed by atoms with Crippen molar-refractivity contribution in [3.05, 3.63) is 45.1 Å². The van der Waals surface area contributed by atoms with Gasteiger partial charge in [-0.2, -0.15) is 0 Å². The van der Waals surface area contributed by atoms with Gasteiger partial charge in [-0.15, -0.1) is 0 Å². The highest BCUT2D eigenvalue weighted by molar-refractivity contribution is 9.10. The van der Waals surface area contributed by atoms with Crippen molar-refractivity contribution in [2.24, 2.45) is 0 Å². The van der Waals surface area contributed by atoms with E-state index in [0.29, 0.717) is 11.4 Å². The molecule has 0 fully saturated rings. The zero-order chi connectivity index (χ0) is 12.4. The molecule has 2 aromatic rings. The topological polar surface area (TPSA) is 48.1 Å². The maximum Gasteiger partial charge on any atom is 0.167 e. The highest BCUT2D eigenvalue weighted by atomic mass is 79.9. The number of aromatic nitrogens is 1. The minimum atomic E-state index is 0.499. The fraction of sp³-hybridized carbons (Fsp3) is 0.0833. The fourth-order valence-corrected chi connectivity index (χ4v) is 2.11. The number of rotatable bonds is 2. The maximum absolute atomic E-state index is 5.83. The molecule has 0 radical (unpaired) electrons. The summed E-state index contributed by atoms with van der Waals surface area (Å²) in [5, 5.41) is 0. The van der Waals surface area contributed by atoms with Crippen LogP contribution in [-0.4, -0.2) is 4.98 Å². The predicted octanol–water partition coefficient (Wildman–Crippen LogP) is 4.29. The van der Waals surface area contributed by atoms with E-state index < -0.39 is 0 Å². The number of pyridine rings is 1. The Morgan fingerprint density at radius 1 is 1.24 bits per heavy atom. The molecule has 0 aliphatic heterocycles. The molecule has 5 heteroatoms. The van der Waals surface area contributed by atoms with Crippen molar-refractivity contribution in [3.8, 4) is 11.5 Å². The lowest BCUT2D eigenvalue weighted by Gasteiger charge is -2.12. The van der Waals surface area contributed by atoms with Gasteiger partial charge in [-0.1, -0.05) is 22.0 Å². The highest BCUT2D eigenvalue weighted by Gasteiger charge is 2.09. The summed E-state index contributed by atoms with van der Waals surface area (Å²) < 4.78 is 7.50. The van der Waals surface area contributed by atoms with Crippen LogP contribution in [-0.2, 0) is 0 Å². The molecule has 0 aliphatic carbocycles. The first-order valence-electron chi connectivity index (χ1n) is 4.91. The molecule has 0 amide bonds. The molecule has 1 aromatic heterocycles. The third-order valence-corrected chi connectivity index (χ3v) is 3.30. The lowest BCUT2D eigenvalue weighted by atomic mass is 10.2. The van der Waals surface area contributed by atoms with Gasteiger partial charge in [0.25, 0.3) is 0 Å². The monoisotopic (exact) mass is 356 g/mol. The first-order valence-corrected chi connectivity index (χ1v) is 6.49. The number of anilines is 1. The summed E-state index contributed by atoms with van der Waals surface area (Å²) in [5.74, 6) is 1.35. The highest BCUT2D eigenvalue weighted by Crippen LogP contribution is 2.36. The lowest BCUT2D eigenvalue weighted by Crippen LogP contribution is -1.95. The van der Waals surface area contributed by atoms with E-state index >= 15 is 0 Å². The summed E-state index contributed by atoms with van der Waals surface area (Å²) in [4.78, 5) is 3.96. The number of nitrogen functional groups attached to an aromatic ring is 1. The summed E-state index contributed by atoms with van der Waals surface area (Å²) in [6.45, 7) is 1.98. The lowest BCUT2D eigenvalue weighted by molar-refractivity contribution is 0.477. The van der Waals surface area contributed by atoms with Gasteiger partial charge in [0.2, 0.25) is 0 Å². The van der Waals surface area contributed by atoms with Crippen LogP contribution in [0.5, 0.6) is 11.5 Å². The van der Waals surface area contributed by atoms with Crippen LogP contribution in [0, 0.1) is 6.92 Å². The molecular formula is C12H10Br2N2O. The molecule has 88 valence electrons. The molecule has 0 aliphatic rings. The molecule has 2 rings (SSSR count). The Morgan fingerprint density at radius 2 is 2.00 bits per heavy atom. The first-order chi connectivity index (χ1) is 8.08. The number of aryl methyl sites for hydroxylation is 1. The number of hydrogen-bond donors (Lipinski definition) is 1. The zero-order valence-corrected chi connectivity index (χ0v) is 12.2. The third kappa shape index (κ3) is 2.79. The van der Waals surface area contributed by atoms with Gasteiger partial charge in [-0.25, -0.2) is 0 Å². The minimum absolute atomic E-state index is 0.499. The molecule has 17 heavy (non-hydrogen) atoms. The minimum Gasteiger partial charge on any atom is -0.454 e. The summed E-state index contributed by atoms with van der Waals surface area (Å²) >= 11 is 6.78. The van der Waals surface area contributed by atoms with E-state index in [-0.39, 0.29) is 0 Å². The number of nitrogens with zero attached hydrogens (tertiary/aromatic N) is 1. The van der Waals surface area contributed by atoms with Crippen molar-refractivity contribution in [3.63, 3.8) is 0 Å². The Bertz CT molecular complexity index is 538. The quantitative estimate of drug-likeness (QED) is 0.872. The number of halogens is 2. The molecule has 1 heterocycles. The van der Waals surface area contributed by atoms with Crippen LogP contribution in [0.4, 0.5) is 5.69 Å². The van der Waals surface area contributed by atoms with Gasteiger partial charge in [0, 0.05) is 10.7 Å². The van der Waals surface area contributed by atoms with Crippen LogP contribution >= 0.6 is 31.9 Å². The third-order valence-electron chi connectivity index (χ3n) is 2.24. The number of hydrogen-bond acceptors (Lipinski definition) is 3. The molecule has 0 atom stereocenters. The van der Waals surface area contributed by atoms with E-state index in [0.717, 1.165) is 20.3 Å². The van der Waals surface area contributed by atoms with E-state index in [9.17, 15) is 0 Å². The Balaban J connectivity index is 2.41. The van der Waals surface area contributed by atoms with E-state index in [4.69, 9.17) is 10.5 Å². The molecular weight excluding hydrogens is 348 g/mol. The Morgan fingerprint density at radius 3 is 2.71 bits per heavy atom. The average molecular weight is 358 g/mol. The number of benzene rings is 1. The van der Waals surface area contributed by atoms with Gasteiger partial charge in [0.15, 0.2) is 5.75 Å². The SMILES string of the molecule is Cc1ccc(Br)cc1Oc1c(N)cncc1Br.